The molecule has 7 nitrogen and oxygen atoms in total. The molecule has 5 atom stereocenters. The van der Waals surface area contributed by atoms with Gasteiger partial charge < -0.3 is 9.64 Å². The molecule has 5 rings (SSSR count). The van der Waals surface area contributed by atoms with Gasteiger partial charge in [-0.2, -0.15) is 5.26 Å². The summed E-state index contributed by atoms with van der Waals surface area (Å²) in [7, 11) is 0. The first-order chi connectivity index (χ1) is 18.1. The number of nitriles is 1. The molecule has 0 N–H and O–H groups in total. The number of carbonyl (C=O) groups excluding carboxylic acids is 2. The van der Waals surface area contributed by atoms with Crippen LogP contribution in [0.2, 0.25) is 0 Å². The van der Waals surface area contributed by atoms with E-state index in [1.165, 1.54) is 12.8 Å². The highest BCUT2D eigenvalue weighted by atomic mass is 19.1. The van der Waals surface area contributed by atoms with Gasteiger partial charge in [0.25, 0.3) is 0 Å². The first-order valence-corrected chi connectivity index (χ1v) is 14.3. The van der Waals surface area contributed by atoms with E-state index in [1.54, 1.807) is 17.0 Å². The lowest BCUT2D eigenvalue weighted by atomic mass is 9.88. The Kier molecular flexibility index (Phi) is 7.68. The van der Waals surface area contributed by atoms with Gasteiger partial charge in [-0.05, 0) is 95.9 Å². The van der Waals surface area contributed by atoms with Gasteiger partial charge in [-0.15, -0.1) is 0 Å². The first-order valence-electron chi connectivity index (χ1n) is 14.3. The Bertz CT molecular complexity index is 1100. The second-order valence-corrected chi connectivity index (χ2v) is 12.7. The maximum atomic E-state index is 15.3. The number of nitrogens with zero attached hydrogens (tertiary/aromatic N) is 4. The second kappa shape index (κ2) is 10.8. The number of hydrogen-bond donors (Lipinski definition) is 0. The molecule has 8 heteroatoms. The van der Waals surface area contributed by atoms with Crippen molar-refractivity contribution >= 4 is 17.6 Å². The molecule has 38 heavy (non-hydrogen) atoms. The number of ether oxygens (including phenoxy) is 1. The van der Waals surface area contributed by atoms with Crippen LogP contribution in [-0.4, -0.2) is 71.6 Å². The minimum atomic E-state index is -0.646. The minimum absolute atomic E-state index is 0.00845. The average Bonchev–Trinajstić information content (AvgIpc) is 3.57. The number of hydrogen-bond acceptors (Lipinski definition) is 6. The zero-order valence-electron chi connectivity index (χ0n) is 23.0. The van der Waals surface area contributed by atoms with Crippen LogP contribution in [0.4, 0.5) is 14.9 Å². The topological polar surface area (TPSA) is 76.9 Å². The highest BCUT2D eigenvalue weighted by molar-refractivity contribution is 5.89. The predicted octanol–water partition coefficient (Wildman–Crippen LogP) is 4.93. The van der Waals surface area contributed by atoms with E-state index < -0.39 is 23.7 Å². The molecule has 4 fully saturated rings. The van der Waals surface area contributed by atoms with Gasteiger partial charge in [0.2, 0.25) is 0 Å². The van der Waals surface area contributed by atoms with Gasteiger partial charge in [-0.25, -0.2) is 9.18 Å². The van der Waals surface area contributed by atoms with Crippen LogP contribution in [0.5, 0.6) is 0 Å². The predicted molar refractivity (Wildman–Crippen MR) is 143 cm³/mol. The van der Waals surface area contributed by atoms with Crippen LogP contribution in [0.3, 0.4) is 0 Å². The number of piperidine rings is 1. The van der Waals surface area contributed by atoms with Crippen LogP contribution in [0.15, 0.2) is 18.2 Å². The smallest absolute Gasteiger partial charge is 0.411 e. The summed E-state index contributed by atoms with van der Waals surface area (Å²) < 4.78 is 20.9. The van der Waals surface area contributed by atoms with Gasteiger partial charge in [-0.1, -0.05) is 6.07 Å². The average molecular weight is 525 g/mol. The van der Waals surface area contributed by atoms with E-state index in [0.29, 0.717) is 11.6 Å². The third-order valence-electron chi connectivity index (χ3n) is 8.82. The monoisotopic (exact) mass is 524 g/mol. The number of Topliss-reactive ketones (excluding diaryl/α,β-unsaturated/α-hetero) is 1. The molecule has 4 aliphatic rings. The van der Waals surface area contributed by atoms with Crippen molar-refractivity contribution < 1.29 is 18.7 Å². The maximum Gasteiger partial charge on any atom is 0.411 e. The Balaban J connectivity index is 1.24. The number of amides is 1. The van der Waals surface area contributed by atoms with Crippen molar-refractivity contribution in [3.8, 4) is 6.07 Å². The standard InChI is InChI=1S/C30H41FN4O3/c1-30(2,3)38-29(37)35-24-10-8-22(16-24)28(35)27(36)15-20(18-32)14-21-7-9-23(17-26(21)31)34-13-5-12-33-11-4-6-25(33)19-34/h7,9,17,20,22,24-25,28H,4-6,8,10-16,19H2,1-3H3/t20-,22+,24-,25?,28+/m1/s1. The maximum absolute atomic E-state index is 15.3. The molecule has 1 unspecified atom stereocenters. The number of fused-ring (bicyclic) bond motifs is 3. The molecule has 0 radical (unpaired) electrons. The van der Waals surface area contributed by atoms with Crippen LogP contribution < -0.4 is 4.90 Å². The van der Waals surface area contributed by atoms with Crippen molar-refractivity contribution in [3.05, 3.63) is 29.6 Å². The molecule has 3 saturated heterocycles. The highest BCUT2D eigenvalue weighted by Crippen LogP contribution is 2.44. The number of likely N-dealkylation sites (tertiary alicyclic amines) is 1. The molecular weight excluding hydrogens is 483 g/mol. The Labute approximate surface area is 225 Å². The summed E-state index contributed by atoms with van der Waals surface area (Å²) in [5.41, 5.74) is 0.705. The summed E-state index contributed by atoms with van der Waals surface area (Å²) in [4.78, 5) is 32.8. The summed E-state index contributed by atoms with van der Waals surface area (Å²) in [5.74, 6) is -0.970. The molecule has 0 spiro atoms. The normalized spacial score (nSPS) is 28.1. The van der Waals surface area contributed by atoms with Crippen molar-refractivity contribution in [1.29, 1.82) is 5.26 Å². The second-order valence-electron chi connectivity index (χ2n) is 12.7. The Morgan fingerprint density at radius 2 is 1.92 bits per heavy atom. The third kappa shape index (κ3) is 5.68. The number of rotatable bonds is 6. The van der Waals surface area contributed by atoms with Gasteiger partial charge in [0, 0.05) is 43.8 Å². The van der Waals surface area contributed by atoms with Crippen LogP contribution in [-0.2, 0) is 16.0 Å². The Hall–Kier alpha value is -2.66. The van der Waals surface area contributed by atoms with E-state index in [1.807, 2.05) is 26.8 Å². The van der Waals surface area contributed by atoms with E-state index in [-0.39, 0.29) is 36.4 Å². The summed E-state index contributed by atoms with van der Waals surface area (Å²) in [6, 6.07) is 7.57. The molecule has 206 valence electrons. The fourth-order valence-electron chi connectivity index (χ4n) is 7.11. The molecule has 1 saturated carbocycles. The third-order valence-corrected chi connectivity index (χ3v) is 8.82. The summed E-state index contributed by atoms with van der Waals surface area (Å²) in [6.07, 6.45) is 5.83. The van der Waals surface area contributed by atoms with E-state index >= 15 is 4.39 Å². The lowest BCUT2D eigenvalue weighted by molar-refractivity contribution is -0.126. The van der Waals surface area contributed by atoms with Crippen LogP contribution in [0.1, 0.15) is 71.3 Å². The number of benzene rings is 1. The summed E-state index contributed by atoms with van der Waals surface area (Å²) in [5, 5.41) is 9.86. The van der Waals surface area contributed by atoms with Crippen LogP contribution >= 0.6 is 0 Å². The molecule has 3 aliphatic heterocycles. The van der Waals surface area contributed by atoms with E-state index in [9.17, 15) is 14.9 Å². The summed E-state index contributed by atoms with van der Waals surface area (Å²) in [6.45, 7) is 9.56. The number of halogens is 1. The molecule has 1 amide bonds. The first kappa shape index (κ1) is 26.9. The minimum Gasteiger partial charge on any atom is -0.444 e. The molecule has 3 heterocycles. The van der Waals surface area contributed by atoms with Gasteiger partial charge in [0.15, 0.2) is 5.78 Å². The Morgan fingerprint density at radius 1 is 1.13 bits per heavy atom. The van der Waals surface area contributed by atoms with E-state index in [4.69, 9.17) is 4.74 Å². The van der Waals surface area contributed by atoms with Gasteiger partial charge in [0.1, 0.15) is 11.4 Å². The zero-order valence-corrected chi connectivity index (χ0v) is 23.0. The van der Waals surface area contributed by atoms with Gasteiger partial charge in [0.05, 0.1) is 18.0 Å². The molecule has 2 bridgehead atoms. The largest absolute Gasteiger partial charge is 0.444 e. The molecule has 1 aromatic carbocycles. The number of anilines is 1. The fraction of sp³-hybridized carbons (Fsp3) is 0.700. The molecular formula is C30H41FN4O3. The van der Waals surface area contributed by atoms with E-state index in [0.717, 1.165) is 57.5 Å². The lowest BCUT2D eigenvalue weighted by Crippen LogP contribution is -2.51. The van der Waals surface area contributed by atoms with Crippen LogP contribution in [0, 0.1) is 29.0 Å². The lowest BCUT2D eigenvalue weighted by Gasteiger charge is -2.35. The van der Waals surface area contributed by atoms with Gasteiger partial charge in [-0.3, -0.25) is 14.6 Å². The zero-order chi connectivity index (χ0) is 27.0. The number of carbonyl (C=O) groups is 2. The Morgan fingerprint density at radius 3 is 2.66 bits per heavy atom. The SMILES string of the molecule is CC(C)(C)OC(=O)N1[C@@H]2CC[C@@H](C2)[C@H]1C(=O)C[C@H](C#N)Cc1ccc(N2CCCN3CCCC3C2)cc1F. The van der Waals surface area contributed by atoms with Crippen molar-refractivity contribution in [2.75, 3.05) is 31.1 Å². The highest BCUT2D eigenvalue weighted by Gasteiger charge is 2.52. The van der Waals surface area contributed by atoms with Crippen molar-refractivity contribution in [3.63, 3.8) is 0 Å². The number of ketones is 1. The quantitative estimate of drug-likeness (QED) is 0.525. The molecule has 1 aromatic rings. The fourth-order valence-corrected chi connectivity index (χ4v) is 7.11. The van der Waals surface area contributed by atoms with Gasteiger partial charge >= 0.3 is 6.09 Å². The van der Waals surface area contributed by atoms with Crippen molar-refractivity contribution in [2.45, 2.75) is 95.9 Å². The van der Waals surface area contributed by atoms with Crippen LogP contribution in [0.25, 0.3) is 0 Å². The molecule has 0 aromatic heterocycles. The summed E-state index contributed by atoms with van der Waals surface area (Å²) >= 11 is 0. The van der Waals surface area contributed by atoms with E-state index in [2.05, 4.69) is 15.9 Å². The van der Waals surface area contributed by atoms with Crippen molar-refractivity contribution in [2.24, 2.45) is 11.8 Å². The molecule has 1 aliphatic carbocycles. The van der Waals surface area contributed by atoms with Crippen molar-refractivity contribution in [1.82, 2.24) is 9.80 Å².